The fourth-order valence-corrected chi connectivity index (χ4v) is 4.93. The van der Waals surface area contributed by atoms with E-state index >= 15 is 0 Å². The molecule has 3 heterocycles. The standard InChI is InChI=1S/C18H19N5O4S/c1-27-14-4-2-12(3-5-14)16-10-15(17(24)21-18-19-7-8-20-18)22-23(16)13-6-9-28(25,26)11-13/h2-5,7-8,10,13H,6,9,11H2,1H3,(H2,19,20,21,24)/t13-/m1/s1. The van der Waals surface area contributed by atoms with Crippen molar-refractivity contribution in [2.75, 3.05) is 23.9 Å². The molecule has 28 heavy (non-hydrogen) atoms. The van der Waals surface area contributed by atoms with Crippen LogP contribution in [-0.4, -0.2) is 52.7 Å². The number of carbonyl (C=O) groups is 1. The van der Waals surface area contributed by atoms with Crippen LogP contribution in [0.25, 0.3) is 11.3 Å². The molecule has 9 nitrogen and oxygen atoms in total. The molecule has 1 aliphatic heterocycles. The molecule has 1 amide bonds. The predicted molar refractivity (Wildman–Crippen MR) is 103 cm³/mol. The minimum absolute atomic E-state index is 0.0110. The highest BCUT2D eigenvalue weighted by molar-refractivity contribution is 7.91. The lowest BCUT2D eigenvalue weighted by Gasteiger charge is -2.13. The fraction of sp³-hybridized carbons (Fsp3) is 0.278. The highest BCUT2D eigenvalue weighted by atomic mass is 32.2. The number of aromatic amines is 1. The Kier molecular flexibility index (Phi) is 4.63. The second-order valence-electron chi connectivity index (χ2n) is 6.54. The lowest BCUT2D eigenvalue weighted by atomic mass is 10.1. The Labute approximate surface area is 161 Å². The molecule has 146 valence electrons. The van der Waals surface area contributed by atoms with E-state index in [9.17, 15) is 13.2 Å². The van der Waals surface area contributed by atoms with Crippen LogP contribution in [0.4, 0.5) is 5.95 Å². The smallest absolute Gasteiger partial charge is 0.278 e. The van der Waals surface area contributed by atoms with E-state index in [1.54, 1.807) is 36.2 Å². The van der Waals surface area contributed by atoms with Gasteiger partial charge in [0.05, 0.1) is 30.4 Å². The zero-order valence-corrected chi connectivity index (χ0v) is 15.9. The molecule has 0 bridgehead atoms. The maximum atomic E-state index is 12.6. The molecular weight excluding hydrogens is 382 g/mol. The number of aromatic nitrogens is 4. The summed E-state index contributed by atoms with van der Waals surface area (Å²) in [5, 5.41) is 7.06. The topological polar surface area (TPSA) is 119 Å². The Balaban J connectivity index is 1.71. The number of anilines is 1. The lowest BCUT2D eigenvalue weighted by Crippen LogP contribution is -2.17. The van der Waals surface area contributed by atoms with E-state index in [4.69, 9.17) is 4.74 Å². The van der Waals surface area contributed by atoms with Crippen molar-refractivity contribution in [3.8, 4) is 17.0 Å². The third kappa shape index (κ3) is 3.63. The normalized spacial score (nSPS) is 18.1. The van der Waals surface area contributed by atoms with Gasteiger partial charge in [0, 0.05) is 18.0 Å². The van der Waals surface area contributed by atoms with Gasteiger partial charge in [-0.05, 0) is 36.8 Å². The quantitative estimate of drug-likeness (QED) is 0.674. The molecule has 0 radical (unpaired) electrons. The average Bonchev–Trinajstić information content (AvgIpc) is 3.41. The number of carbonyl (C=O) groups excluding carboxylic acids is 1. The van der Waals surface area contributed by atoms with Gasteiger partial charge >= 0.3 is 0 Å². The number of rotatable bonds is 5. The number of hydrogen-bond donors (Lipinski definition) is 2. The molecule has 0 unspecified atom stereocenters. The van der Waals surface area contributed by atoms with Gasteiger partial charge in [0.25, 0.3) is 5.91 Å². The maximum Gasteiger partial charge on any atom is 0.278 e. The van der Waals surface area contributed by atoms with Crippen LogP contribution >= 0.6 is 0 Å². The first kappa shape index (κ1) is 18.2. The Hall–Kier alpha value is -3.14. The molecular formula is C18H19N5O4S. The van der Waals surface area contributed by atoms with Crippen molar-refractivity contribution in [3.05, 3.63) is 48.4 Å². The molecule has 2 aromatic heterocycles. The van der Waals surface area contributed by atoms with Crippen LogP contribution in [0.5, 0.6) is 5.75 Å². The third-order valence-electron chi connectivity index (χ3n) is 4.64. The number of sulfone groups is 1. The van der Waals surface area contributed by atoms with Crippen LogP contribution in [0.3, 0.4) is 0 Å². The molecule has 1 atom stereocenters. The van der Waals surface area contributed by atoms with Crippen molar-refractivity contribution in [3.63, 3.8) is 0 Å². The van der Waals surface area contributed by atoms with E-state index in [2.05, 4.69) is 20.4 Å². The van der Waals surface area contributed by atoms with E-state index in [0.29, 0.717) is 23.8 Å². The monoisotopic (exact) mass is 401 g/mol. The van der Waals surface area contributed by atoms with Crippen molar-refractivity contribution >= 4 is 21.7 Å². The van der Waals surface area contributed by atoms with Gasteiger partial charge in [0.15, 0.2) is 15.5 Å². The van der Waals surface area contributed by atoms with Crippen LogP contribution in [0.15, 0.2) is 42.7 Å². The van der Waals surface area contributed by atoms with Crippen molar-refractivity contribution in [1.82, 2.24) is 19.7 Å². The number of nitrogens with zero attached hydrogens (tertiary/aromatic N) is 3. The van der Waals surface area contributed by atoms with Crippen LogP contribution < -0.4 is 10.1 Å². The number of benzene rings is 1. The number of H-pyrrole nitrogens is 1. The summed E-state index contributed by atoms with van der Waals surface area (Å²) in [6.45, 7) is 0. The van der Waals surface area contributed by atoms with E-state index in [0.717, 1.165) is 5.56 Å². The van der Waals surface area contributed by atoms with Crippen LogP contribution in [0.2, 0.25) is 0 Å². The third-order valence-corrected chi connectivity index (χ3v) is 6.39. The summed E-state index contributed by atoms with van der Waals surface area (Å²) in [5.74, 6) is 0.720. The number of methoxy groups -OCH3 is 1. The van der Waals surface area contributed by atoms with Crippen molar-refractivity contribution in [2.45, 2.75) is 12.5 Å². The molecule has 1 fully saturated rings. The predicted octanol–water partition coefficient (Wildman–Crippen LogP) is 1.89. The Morgan fingerprint density at radius 2 is 2.11 bits per heavy atom. The zero-order chi connectivity index (χ0) is 19.7. The summed E-state index contributed by atoms with van der Waals surface area (Å²) in [4.78, 5) is 19.3. The van der Waals surface area contributed by atoms with Gasteiger partial charge in [-0.2, -0.15) is 5.10 Å². The fourth-order valence-electron chi connectivity index (χ4n) is 3.23. The Morgan fingerprint density at radius 1 is 1.32 bits per heavy atom. The lowest BCUT2D eigenvalue weighted by molar-refractivity contribution is 0.102. The van der Waals surface area contributed by atoms with Crippen molar-refractivity contribution in [1.29, 1.82) is 0 Å². The van der Waals surface area contributed by atoms with Crippen molar-refractivity contribution in [2.24, 2.45) is 0 Å². The molecule has 4 rings (SSSR count). The SMILES string of the molecule is COc1ccc(-c2cc(C(=O)Nc3ncc[nH]3)nn2[C@@H]2CCS(=O)(=O)C2)cc1. The van der Waals surface area contributed by atoms with E-state index in [1.807, 2.05) is 12.1 Å². The Bertz CT molecular complexity index is 1090. The van der Waals surface area contributed by atoms with Gasteiger partial charge in [-0.1, -0.05) is 0 Å². The minimum atomic E-state index is -3.10. The number of nitrogens with one attached hydrogen (secondary N) is 2. The van der Waals surface area contributed by atoms with Crippen LogP contribution in [0, 0.1) is 0 Å². The van der Waals surface area contributed by atoms with E-state index < -0.39 is 15.7 Å². The van der Waals surface area contributed by atoms with Gasteiger partial charge in [0.1, 0.15) is 5.75 Å². The summed E-state index contributed by atoms with van der Waals surface area (Å²) in [7, 11) is -1.52. The Morgan fingerprint density at radius 3 is 2.71 bits per heavy atom. The van der Waals surface area contributed by atoms with Gasteiger partial charge in [0.2, 0.25) is 5.95 Å². The molecule has 0 spiro atoms. The summed E-state index contributed by atoms with van der Waals surface area (Å²) < 4.78 is 30.7. The molecule has 0 saturated carbocycles. The highest BCUT2D eigenvalue weighted by Crippen LogP contribution is 2.31. The number of ether oxygens (including phenoxy) is 1. The summed E-state index contributed by atoms with van der Waals surface area (Å²) >= 11 is 0. The van der Waals surface area contributed by atoms with Gasteiger partial charge < -0.3 is 9.72 Å². The largest absolute Gasteiger partial charge is 0.497 e. The van der Waals surface area contributed by atoms with E-state index in [1.165, 1.54) is 6.20 Å². The van der Waals surface area contributed by atoms with Crippen LogP contribution in [-0.2, 0) is 9.84 Å². The molecule has 3 aromatic rings. The summed E-state index contributed by atoms with van der Waals surface area (Å²) in [6.07, 6.45) is 3.59. The first-order valence-electron chi connectivity index (χ1n) is 8.70. The van der Waals surface area contributed by atoms with Crippen LogP contribution in [0.1, 0.15) is 23.0 Å². The maximum absolute atomic E-state index is 12.6. The van der Waals surface area contributed by atoms with Gasteiger partial charge in [-0.3, -0.25) is 14.8 Å². The van der Waals surface area contributed by atoms with Crippen molar-refractivity contribution < 1.29 is 17.9 Å². The summed E-state index contributed by atoms with van der Waals surface area (Å²) in [6, 6.07) is 8.66. The average molecular weight is 401 g/mol. The van der Waals surface area contributed by atoms with E-state index in [-0.39, 0.29) is 23.2 Å². The first-order chi connectivity index (χ1) is 13.4. The van der Waals surface area contributed by atoms with Gasteiger partial charge in [-0.25, -0.2) is 13.4 Å². The molecule has 1 saturated heterocycles. The number of hydrogen-bond acceptors (Lipinski definition) is 6. The molecule has 0 aliphatic carbocycles. The molecule has 1 aliphatic rings. The molecule has 1 aromatic carbocycles. The molecule has 2 N–H and O–H groups in total. The zero-order valence-electron chi connectivity index (χ0n) is 15.1. The molecule has 10 heteroatoms. The highest BCUT2D eigenvalue weighted by Gasteiger charge is 2.32. The summed E-state index contributed by atoms with van der Waals surface area (Å²) in [5.41, 5.74) is 1.68. The minimum Gasteiger partial charge on any atom is -0.497 e. The van der Waals surface area contributed by atoms with Gasteiger partial charge in [-0.15, -0.1) is 0 Å². The second-order valence-corrected chi connectivity index (χ2v) is 8.77. The number of amides is 1. The second kappa shape index (κ2) is 7.12. The first-order valence-corrected chi connectivity index (χ1v) is 10.5. The number of imidazole rings is 1.